The number of hydrogen-bond donors (Lipinski definition) is 1. The summed E-state index contributed by atoms with van der Waals surface area (Å²) >= 11 is 0. The first kappa shape index (κ1) is 19.8. The number of carbonyl (C=O) groups excluding carboxylic acids is 1. The van der Waals surface area contributed by atoms with E-state index in [0.29, 0.717) is 19.5 Å². The molecule has 5 nitrogen and oxygen atoms in total. The van der Waals surface area contributed by atoms with Crippen molar-refractivity contribution in [2.45, 2.75) is 51.5 Å². The zero-order valence-corrected chi connectivity index (χ0v) is 16.1. The molecule has 1 aliphatic heterocycles. The van der Waals surface area contributed by atoms with Gasteiger partial charge in [-0.1, -0.05) is 20.8 Å². The summed E-state index contributed by atoms with van der Waals surface area (Å²) in [6, 6.07) is 3.31. The maximum absolute atomic E-state index is 14.1. The fraction of sp³-hybridized carbons (Fsp3) is 0.611. The lowest BCUT2D eigenvalue weighted by atomic mass is 9.94. The van der Waals surface area contributed by atoms with Crippen molar-refractivity contribution in [1.82, 2.24) is 9.62 Å². The van der Waals surface area contributed by atoms with Gasteiger partial charge in [-0.15, -0.1) is 0 Å². The zero-order valence-electron chi connectivity index (χ0n) is 15.3. The highest BCUT2D eigenvalue weighted by molar-refractivity contribution is 7.89. The van der Waals surface area contributed by atoms with Gasteiger partial charge in [0.25, 0.3) is 5.91 Å². The molecule has 3 atom stereocenters. The van der Waals surface area contributed by atoms with E-state index in [1.165, 1.54) is 10.4 Å². The van der Waals surface area contributed by atoms with E-state index in [-0.39, 0.29) is 28.3 Å². The van der Waals surface area contributed by atoms with Crippen molar-refractivity contribution in [2.24, 2.45) is 11.8 Å². The van der Waals surface area contributed by atoms with Gasteiger partial charge in [-0.2, -0.15) is 4.31 Å². The summed E-state index contributed by atoms with van der Waals surface area (Å²) in [5, 5.41) is 2.67. The molecule has 1 fully saturated rings. The topological polar surface area (TPSA) is 66.5 Å². The van der Waals surface area contributed by atoms with Crippen molar-refractivity contribution in [3.8, 4) is 0 Å². The second kappa shape index (κ2) is 7.83. The predicted molar refractivity (Wildman–Crippen MR) is 95.3 cm³/mol. The third-order valence-corrected chi connectivity index (χ3v) is 6.47. The van der Waals surface area contributed by atoms with Crippen LogP contribution in [0.15, 0.2) is 23.1 Å². The van der Waals surface area contributed by atoms with E-state index < -0.39 is 21.7 Å². The first-order valence-corrected chi connectivity index (χ1v) is 10.2. The number of amides is 1. The van der Waals surface area contributed by atoms with Crippen molar-refractivity contribution in [3.63, 3.8) is 0 Å². The number of benzene rings is 1. The highest BCUT2D eigenvalue weighted by Gasteiger charge is 2.32. The Morgan fingerprint density at radius 1 is 1.32 bits per heavy atom. The van der Waals surface area contributed by atoms with E-state index in [1.807, 2.05) is 27.7 Å². The number of rotatable bonds is 5. The van der Waals surface area contributed by atoms with Crippen LogP contribution in [0.2, 0.25) is 0 Å². The van der Waals surface area contributed by atoms with Crippen molar-refractivity contribution < 1.29 is 17.6 Å². The molecule has 1 N–H and O–H groups in total. The molecule has 1 aliphatic rings. The van der Waals surface area contributed by atoms with Crippen LogP contribution in [-0.4, -0.2) is 37.8 Å². The van der Waals surface area contributed by atoms with Gasteiger partial charge in [-0.25, -0.2) is 12.8 Å². The van der Waals surface area contributed by atoms with Gasteiger partial charge in [0.05, 0.1) is 10.5 Å². The number of sulfonamides is 1. The first-order chi connectivity index (χ1) is 11.6. The molecule has 2 rings (SSSR count). The van der Waals surface area contributed by atoms with Gasteiger partial charge in [-0.05, 0) is 49.8 Å². The van der Waals surface area contributed by atoms with Crippen LogP contribution in [0.25, 0.3) is 0 Å². The highest BCUT2D eigenvalue weighted by atomic mass is 32.2. The number of carbonyl (C=O) groups is 1. The molecule has 1 saturated heterocycles. The molecule has 0 saturated carbocycles. The lowest BCUT2D eigenvalue weighted by Crippen LogP contribution is -2.42. The Balaban J connectivity index is 2.33. The first-order valence-electron chi connectivity index (χ1n) is 8.75. The van der Waals surface area contributed by atoms with Gasteiger partial charge in [0.15, 0.2) is 0 Å². The van der Waals surface area contributed by atoms with Crippen LogP contribution in [0.5, 0.6) is 0 Å². The minimum Gasteiger partial charge on any atom is -0.350 e. The summed E-state index contributed by atoms with van der Waals surface area (Å²) in [6.45, 7) is 8.65. The van der Waals surface area contributed by atoms with Crippen LogP contribution >= 0.6 is 0 Å². The lowest BCUT2D eigenvalue weighted by molar-refractivity contribution is 0.0935. The smallest absolute Gasteiger partial charge is 0.254 e. The monoisotopic (exact) mass is 370 g/mol. The Morgan fingerprint density at radius 3 is 2.48 bits per heavy atom. The lowest BCUT2D eigenvalue weighted by Gasteiger charge is -2.34. The van der Waals surface area contributed by atoms with Crippen molar-refractivity contribution in [3.05, 3.63) is 29.6 Å². The summed E-state index contributed by atoms with van der Waals surface area (Å²) in [7, 11) is -3.75. The molecule has 1 amide bonds. The van der Waals surface area contributed by atoms with E-state index in [1.54, 1.807) is 0 Å². The Hall–Kier alpha value is -1.47. The molecule has 0 aromatic heterocycles. The molecular formula is C18H27FN2O3S. The summed E-state index contributed by atoms with van der Waals surface area (Å²) < 4.78 is 41.3. The molecule has 1 heterocycles. The molecule has 140 valence electrons. The summed E-state index contributed by atoms with van der Waals surface area (Å²) in [6.07, 6.45) is 1.69. The quantitative estimate of drug-likeness (QED) is 0.866. The number of nitrogens with one attached hydrogen (secondary N) is 1. The summed E-state index contributed by atoms with van der Waals surface area (Å²) in [5.74, 6) is -0.774. The molecule has 1 aromatic carbocycles. The Kier molecular flexibility index (Phi) is 6.21. The average Bonchev–Trinajstić information content (AvgIpc) is 2.53. The van der Waals surface area contributed by atoms with E-state index >= 15 is 0 Å². The Labute approximate surface area is 149 Å². The number of hydrogen-bond acceptors (Lipinski definition) is 3. The zero-order chi connectivity index (χ0) is 18.8. The van der Waals surface area contributed by atoms with E-state index in [9.17, 15) is 17.6 Å². The molecule has 25 heavy (non-hydrogen) atoms. The van der Waals surface area contributed by atoms with Crippen LogP contribution in [0.4, 0.5) is 4.39 Å². The van der Waals surface area contributed by atoms with Gasteiger partial charge in [-0.3, -0.25) is 4.79 Å². The van der Waals surface area contributed by atoms with E-state index in [0.717, 1.165) is 18.6 Å². The molecule has 7 heteroatoms. The van der Waals surface area contributed by atoms with Crippen molar-refractivity contribution in [1.29, 1.82) is 0 Å². The number of nitrogens with zero attached hydrogens (tertiary/aromatic N) is 1. The second-order valence-electron chi connectivity index (χ2n) is 7.19. The van der Waals surface area contributed by atoms with Gasteiger partial charge in [0.2, 0.25) is 10.0 Å². The third-order valence-electron chi connectivity index (χ3n) is 4.65. The van der Waals surface area contributed by atoms with Gasteiger partial charge in [0.1, 0.15) is 5.82 Å². The van der Waals surface area contributed by atoms with Crippen molar-refractivity contribution in [2.75, 3.05) is 13.1 Å². The third kappa shape index (κ3) is 4.58. The van der Waals surface area contributed by atoms with E-state index in [2.05, 4.69) is 5.32 Å². The van der Waals surface area contributed by atoms with E-state index in [4.69, 9.17) is 0 Å². The molecule has 0 radical (unpaired) electrons. The Bertz CT molecular complexity index is 726. The largest absolute Gasteiger partial charge is 0.350 e. The maximum Gasteiger partial charge on any atom is 0.254 e. The SMILES string of the molecule is CCC(C)NC(=O)c1cc(S(=O)(=O)N2CC(C)CC(C)C2)ccc1F. The molecular weight excluding hydrogens is 343 g/mol. The molecule has 0 bridgehead atoms. The van der Waals surface area contributed by atoms with Crippen molar-refractivity contribution >= 4 is 15.9 Å². The molecule has 1 aromatic rings. The molecule has 0 spiro atoms. The van der Waals surface area contributed by atoms with Crippen LogP contribution in [0, 0.1) is 17.7 Å². The predicted octanol–water partition coefficient (Wildman–Crippen LogP) is 3.02. The molecule has 0 aliphatic carbocycles. The highest BCUT2D eigenvalue weighted by Crippen LogP contribution is 2.27. The minimum absolute atomic E-state index is 0.0375. The fourth-order valence-electron chi connectivity index (χ4n) is 3.19. The normalized spacial score (nSPS) is 23.2. The summed E-state index contributed by atoms with van der Waals surface area (Å²) in [4.78, 5) is 12.2. The second-order valence-corrected chi connectivity index (χ2v) is 9.13. The van der Waals surface area contributed by atoms with Crippen LogP contribution in [-0.2, 0) is 10.0 Å². The van der Waals surface area contributed by atoms with Crippen LogP contribution in [0.3, 0.4) is 0 Å². The van der Waals surface area contributed by atoms with Crippen LogP contribution in [0.1, 0.15) is 50.9 Å². The van der Waals surface area contributed by atoms with Gasteiger partial charge in [0, 0.05) is 19.1 Å². The maximum atomic E-state index is 14.1. The Morgan fingerprint density at radius 2 is 1.92 bits per heavy atom. The summed E-state index contributed by atoms with van der Waals surface area (Å²) in [5.41, 5.74) is -0.237. The number of piperidine rings is 1. The minimum atomic E-state index is -3.75. The van der Waals surface area contributed by atoms with Crippen LogP contribution < -0.4 is 5.32 Å². The van der Waals surface area contributed by atoms with Gasteiger partial charge >= 0.3 is 0 Å². The van der Waals surface area contributed by atoms with Gasteiger partial charge < -0.3 is 5.32 Å². The molecule has 3 unspecified atom stereocenters. The fourth-order valence-corrected chi connectivity index (χ4v) is 4.90. The standard InChI is InChI=1S/C18H27FN2O3S/c1-5-14(4)20-18(22)16-9-15(6-7-17(16)19)25(23,24)21-10-12(2)8-13(3)11-21/h6-7,9,12-14H,5,8,10-11H2,1-4H3,(H,20,22). The number of halogens is 1. The average molecular weight is 370 g/mol.